The topological polar surface area (TPSA) is 85.5 Å². The van der Waals surface area contributed by atoms with Crippen LogP contribution in [0.1, 0.15) is 57.4 Å². The number of furan rings is 1. The van der Waals surface area contributed by atoms with Gasteiger partial charge in [0, 0.05) is 17.5 Å². The maximum absolute atomic E-state index is 10.7. The summed E-state index contributed by atoms with van der Waals surface area (Å²) in [5, 5.41) is 9.62. The minimum atomic E-state index is -0.762. The number of unbranched alkanes of at least 4 members (excludes halogenated alkanes) is 1. The van der Waals surface area contributed by atoms with Crippen LogP contribution in [0.15, 0.2) is 47.2 Å². The van der Waals surface area contributed by atoms with Gasteiger partial charge < -0.3 is 14.3 Å². The van der Waals surface area contributed by atoms with E-state index in [0.29, 0.717) is 18.0 Å². The van der Waals surface area contributed by atoms with E-state index >= 15 is 0 Å². The van der Waals surface area contributed by atoms with Gasteiger partial charge in [-0.1, -0.05) is 36.4 Å². The fourth-order valence-electron chi connectivity index (χ4n) is 3.95. The van der Waals surface area contributed by atoms with E-state index in [9.17, 15) is 4.79 Å². The Balaban J connectivity index is 1.67. The van der Waals surface area contributed by atoms with Gasteiger partial charge in [-0.3, -0.25) is 4.79 Å². The summed E-state index contributed by atoms with van der Waals surface area (Å²) in [6, 6.07) is 10.1. The highest BCUT2D eigenvalue weighted by molar-refractivity contribution is 5.99. The van der Waals surface area contributed by atoms with Crippen LogP contribution < -0.4 is 4.74 Å². The highest BCUT2D eigenvalue weighted by Gasteiger charge is 2.25. The molecule has 1 N–H and O–H groups in total. The van der Waals surface area contributed by atoms with Crippen molar-refractivity contribution in [3.8, 4) is 17.2 Å². The van der Waals surface area contributed by atoms with Gasteiger partial charge in [0.1, 0.15) is 17.5 Å². The summed E-state index contributed by atoms with van der Waals surface area (Å²) < 4.78 is 12.4. The van der Waals surface area contributed by atoms with Crippen molar-refractivity contribution in [2.75, 3.05) is 0 Å². The number of hydrogen-bond donors (Lipinski definition) is 1. The molecule has 1 aliphatic rings. The van der Waals surface area contributed by atoms with Crippen molar-refractivity contribution in [3.05, 3.63) is 48.3 Å². The third kappa shape index (κ3) is 4.37. The number of carboxylic acids is 1. The molecule has 0 bridgehead atoms. The van der Waals surface area contributed by atoms with Crippen LogP contribution in [0.3, 0.4) is 0 Å². The Labute approximate surface area is 175 Å². The van der Waals surface area contributed by atoms with Crippen LogP contribution in [-0.4, -0.2) is 27.1 Å². The van der Waals surface area contributed by atoms with Gasteiger partial charge in [-0.2, -0.15) is 0 Å². The fourth-order valence-corrected chi connectivity index (χ4v) is 3.95. The monoisotopic (exact) mass is 406 g/mol. The van der Waals surface area contributed by atoms with Gasteiger partial charge in [0.05, 0.1) is 6.10 Å². The van der Waals surface area contributed by atoms with Crippen LogP contribution >= 0.6 is 0 Å². The fraction of sp³-hybridized carbons (Fsp3) is 0.375. The van der Waals surface area contributed by atoms with Crippen molar-refractivity contribution >= 4 is 22.6 Å². The first-order valence-electron chi connectivity index (χ1n) is 10.5. The van der Waals surface area contributed by atoms with Crippen LogP contribution in [-0.2, 0) is 4.79 Å². The molecule has 0 saturated heterocycles. The summed E-state index contributed by atoms with van der Waals surface area (Å²) in [5.41, 5.74) is 3.81. The molecule has 0 fully saturated rings. The molecule has 30 heavy (non-hydrogen) atoms. The number of aliphatic carboxylic acids is 1. The number of benzene rings is 1. The van der Waals surface area contributed by atoms with Crippen LogP contribution in [0.4, 0.5) is 0 Å². The van der Waals surface area contributed by atoms with Crippen molar-refractivity contribution in [2.24, 2.45) is 0 Å². The normalized spacial score (nSPS) is 14.6. The molecular formula is C24H26N2O4. The number of aromatic nitrogens is 2. The van der Waals surface area contributed by atoms with E-state index in [2.05, 4.69) is 16.0 Å². The zero-order chi connectivity index (χ0) is 20.9. The van der Waals surface area contributed by atoms with Crippen LogP contribution in [0.5, 0.6) is 5.88 Å². The molecule has 4 rings (SSSR count). The number of allylic oxidation sites excluding steroid dienone is 2. The Morgan fingerprint density at radius 3 is 2.80 bits per heavy atom. The van der Waals surface area contributed by atoms with E-state index in [4.69, 9.17) is 14.3 Å². The molecule has 0 radical (unpaired) electrons. The van der Waals surface area contributed by atoms with Crippen molar-refractivity contribution in [2.45, 2.75) is 58.0 Å². The summed E-state index contributed by atoms with van der Waals surface area (Å²) in [6.07, 6.45) is 9.21. The summed E-state index contributed by atoms with van der Waals surface area (Å²) in [7, 11) is 0. The summed E-state index contributed by atoms with van der Waals surface area (Å²) in [6.45, 7) is 1.99. The second-order valence-corrected chi connectivity index (χ2v) is 7.72. The Morgan fingerprint density at radius 2 is 2.07 bits per heavy atom. The van der Waals surface area contributed by atoms with Gasteiger partial charge >= 0.3 is 5.97 Å². The van der Waals surface area contributed by atoms with E-state index < -0.39 is 5.97 Å². The van der Waals surface area contributed by atoms with Crippen LogP contribution in [0.2, 0.25) is 0 Å². The first-order chi connectivity index (χ1) is 14.6. The standard InChI is InChI=1S/C24H26N2O4/c1-16(9-5-8-14-19(27)28)29-23-21-20(17-10-6-7-11-17)22(18-12-3-2-4-13-18)30-24(21)26-15-25-23/h2-4,10,12-13,15-16H,5-9,11,14H2,1H3,(H,27,28)/t16-/m1/s1. The van der Waals surface area contributed by atoms with Gasteiger partial charge in [0.25, 0.3) is 0 Å². The molecular weight excluding hydrogens is 380 g/mol. The van der Waals surface area contributed by atoms with Crippen molar-refractivity contribution in [1.29, 1.82) is 0 Å². The highest BCUT2D eigenvalue weighted by atomic mass is 16.5. The number of fused-ring (bicyclic) bond motifs is 1. The summed E-state index contributed by atoms with van der Waals surface area (Å²) >= 11 is 0. The largest absolute Gasteiger partial charge is 0.481 e. The SMILES string of the molecule is C[C@H](CCCCC(=O)O)Oc1ncnc2oc(-c3ccccc3)c(C3=CCCC3)c12. The molecule has 3 aromatic rings. The lowest BCUT2D eigenvalue weighted by Crippen LogP contribution is -2.13. The predicted octanol–water partition coefficient (Wildman–Crippen LogP) is 5.87. The van der Waals surface area contributed by atoms with Crippen LogP contribution in [0, 0.1) is 0 Å². The molecule has 0 unspecified atom stereocenters. The third-order valence-corrected chi connectivity index (χ3v) is 5.42. The molecule has 1 aliphatic carbocycles. The zero-order valence-electron chi connectivity index (χ0n) is 17.1. The minimum Gasteiger partial charge on any atom is -0.481 e. The van der Waals surface area contributed by atoms with Gasteiger partial charge in [-0.25, -0.2) is 9.97 Å². The Hall–Kier alpha value is -3.15. The molecule has 2 heterocycles. The van der Waals surface area contributed by atoms with Crippen molar-refractivity contribution in [1.82, 2.24) is 9.97 Å². The van der Waals surface area contributed by atoms with E-state index in [1.807, 2.05) is 37.3 Å². The lowest BCUT2D eigenvalue weighted by Gasteiger charge is -2.14. The van der Waals surface area contributed by atoms with Crippen molar-refractivity contribution in [3.63, 3.8) is 0 Å². The number of rotatable bonds is 9. The van der Waals surface area contributed by atoms with Gasteiger partial charge in [0.15, 0.2) is 0 Å². The molecule has 0 amide bonds. The molecule has 0 saturated carbocycles. The molecule has 6 heteroatoms. The first kappa shape index (κ1) is 20.1. The predicted molar refractivity (Wildman–Crippen MR) is 115 cm³/mol. The molecule has 1 aromatic carbocycles. The average molecular weight is 406 g/mol. The van der Waals surface area contributed by atoms with Gasteiger partial charge in [0.2, 0.25) is 11.6 Å². The average Bonchev–Trinajstić information content (AvgIpc) is 3.39. The maximum Gasteiger partial charge on any atom is 0.303 e. The number of hydrogen-bond acceptors (Lipinski definition) is 5. The molecule has 2 aromatic heterocycles. The molecule has 1 atom stereocenters. The molecule has 0 spiro atoms. The Morgan fingerprint density at radius 1 is 1.23 bits per heavy atom. The lowest BCUT2D eigenvalue weighted by atomic mass is 9.99. The van der Waals surface area contributed by atoms with E-state index in [1.54, 1.807) is 0 Å². The number of carboxylic acid groups (broad SMARTS) is 1. The number of carbonyl (C=O) groups is 1. The molecule has 156 valence electrons. The quantitative estimate of drug-likeness (QED) is 0.447. The summed E-state index contributed by atoms with van der Waals surface area (Å²) in [4.78, 5) is 19.5. The van der Waals surface area contributed by atoms with E-state index in [1.165, 1.54) is 11.9 Å². The zero-order valence-corrected chi connectivity index (χ0v) is 17.1. The Bertz CT molecular complexity index is 1060. The highest BCUT2D eigenvalue weighted by Crippen LogP contribution is 2.44. The molecule has 6 nitrogen and oxygen atoms in total. The smallest absolute Gasteiger partial charge is 0.303 e. The second kappa shape index (κ2) is 9.11. The van der Waals surface area contributed by atoms with Gasteiger partial charge in [-0.15, -0.1) is 0 Å². The van der Waals surface area contributed by atoms with Crippen molar-refractivity contribution < 1.29 is 19.1 Å². The maximum atomic E-state index is 10.7. The lowest BCUT2D eigenvalue weighted by molar-refractivity contribution is -0.137. The molecule has 0 aliphatic heterocycles. The third-order valence-electron chi connectivity index (χ3n) is 5.42. The van der Waals surface area contributed by atoms with Gasteiger partial charge in [-0.05, 0) is 51.0 Å². The van der Waals surface area contributed by atoms with Crippen LogP contribution in [0.25, 0.3) is 28.0 Å². The van der Waals surface area contributed by atoms with E-state index in [-0.39, 0.29) is 12.5 Å². The Kier molecular flexibility index (Phi) is 6.12. The second-order valence-electron chi connectivity index (χ2n) is 7.72. The minimum absolute atomic E-state index is 0.0858. The number of ether oxygens (including phenoxy) is 1. The van der Waals surface area contributed by atoms with E-state index in [0.717, 1.165) is 54.4 Å². The first-order valence-corrected chi connectivity index (χ1v) is 10.5. The summed E-state index contributed by atoms with van der Waals surface area (Å²) in [5.74, 6) is 0.570. The number of nitrogens with zero attached hydrogens (tertiary/aromatic N) is 2.